The summed E-state index contributed by atoms with van der Waals surface area (Å²) >= 11 is 0. The van der Waals surface area contributed by atoms with E-state index >= 15 is 0 Å². The normalized spacial score (nSPS) is 12.5. The third kappa shape index (κ3) is 2.03. The summed E-state index contributed by atoms with van der Waals surface area (Å²) in [5.74, 6) is 0. The molecule has 0 unspecified atom stereocenters. The maximum atomic E-state index is 12.2. The van der Waals surface area contributed by atoms with E-state index in [-0.39, 0.29) is 5.54 Å². The van der Waals surface area contributed by atoms with Gasteiger partial charge in [-0.2, -0.15) is 13.9 Å². The Labute approximate surface area is 75.7 Å². The number of halogens is 2. The topological polar surface area (TPSA) is 29.9 Å². The minimum Gasteiger partial charge on any atom is -0.310 e. The van der Waals surface area contributed by atoms with Crippen molar-refractivity contribution in [2.24, 2.45) is 0 Å². The summed E-state index contributed by atoms with van der Waals surface area (Å²) in [6, 6.07) is 1.59. The lowest BCUT2D eigenvalue weighted by molar-refractivity contribution is 0.0556. The van der Waals surface area contributed by atoms with Crippen LogP contribution in [0.4, 0.5) is 8.78 Å². The van der Waals surface area contributed by atoms with Gasteiger partial charge in [0.05, 0.1) is 11.2 Å². The maximum Gasteiger partial charge on any atom is 0.333 e. The Morgan fingerprint density at radius 3 is 2.54 bits per heavy atom. The van der Waals surface area contributed by atoms with E-state index < -0.39 is 6.55 Å². The minimum atomic E-state index is -2.57. The highest BCUT2D eigenvalue weighted by molar-refractivity contribution is 5.10. The summed E-state index contributed by atoms with van der Waals surface area (Å²) < 4.78 is 25.0. The van der Waals surface area contributed by atoms with Crippen LogP contribution in [-0.2, 0) is 5.54 Å². The van der Waals surface area contributed by atoms with Crippen LogP contribution in [0.5, 0.6) is 0 Å². The van der Waals surface area contributed by atoms with Gasteiger partial charge in [0, 0.05) is 6.20 Å². The molecule has 1 aromatic rings. The number of hydrogen-bond acceptors (Lipinski definition) is 2. The summed E-state index contributed by atoms with van der Waals surface area (Å²) in [4.78, 5) is 0. The van der Waals surface area contributed by atoms with E-state index in [0.717, 1.165) is 0 Å². The smallest absolute Gasteiger partial charge is 0.310 e. The third-order valence-corrected chi connectivity index (χ3v) is 2.07. The average molecular weight is 189 g/mol. The van der Waals surface area contributed by atoms with E-state index in [1.807, 2.05) is 13.8 Å². The van der Waals surface area contributed by atoms with Gasteiger partial charge in [0.1, 0.15) is 0 Å². The van der Waals surface area contributed by atoms with Gasteiger partial charge >= 0.3 is 6.55 Å². The third-order valence-electron chi connectivity index (χ3n) is 2.07. The lowest BCUT2D eigenvalue weighted by atomic mass is 10.0. The molecule has 13 heavy (non-hydrogen) atoms. The van der Waals surface area contributed by atoms with E-state index in [9.17, 15) is 8.78 Å². The fraction of sp³-hybridized carbons (Fsp3) is 0.625. The lowest BCUT2D eigenvalue weighted by Gasteiger charge is -2.21. The van der Waals surface area contributed by atoms with Crippen molar-refractivity contribution in [3.8, 4) is 0 Å². The number of rotatable bonds is 3. The molecule has 0 atom stereocenters. The van der Waals surface area contributed by atoms with Crippen molar-refractivity contribution in [3.05, 3.63) is 18.0 Å². The first-order valence-electron chi connectivity index (χ1n) is 4.00. The number of nitrogens with zero attached hydrogens (tertiary/aromatic N) is 2. The molecule has 3 nitrogen and oxygen atoms in total. The second-order valence-electron chi connectivity index (χ2n) is 3.33. The molecule has 0 radical (unpaired) electrons. The van der Waals surface area contributed by atoms with Crippen LogP contribution in [-0.4, -0.2) is 16.8 Å². The monoisotopic (exact) mass is 189 g/mol. The fourth-order valence-electron chi connectivity index (χ4n) is 0.908. The van der Waals surface area contributed by atoms with Gasteiger partial charge in [0.15, 0.2) is 0 Å². The van der Waals surface area contributed by atoms with Gasteiger partial charge in [-0.15, -0.1) is 0 Å². The van der Waals surface area contributed by atoms with Crippen LogP contribution in [0.3, 0.4) is 0 Å². The molecular weight excluding hydrogens is 176 g/mol. The zero-order valence-electron chi connectivity index (χ0n) is 7.88. The molecule has 0 saturated heterocycles. The van der Waals surface area contributed by atoms with Crippen LogP contribution in [0, 0.1) is 0 Å². The molecule has 1 heterocycles. The Hall–Kier alpha value is -0.970. The van der Waals surface area contributed by atoms with Gasteiger partial charge < -0.3 is 5.32 Å². The van der Waals surface area contributed by atoms with Crippen LogP contribution in [0.15, 0.2) is 12.3 Å². The second kappa shape index (κ2) is 3.41. The van der Waals surface area contributed by atoms with Crippen molar-refractivity contribution in [3.63, 3.8) is 0 Å². The predicted molar refractivity (Wildman–Crippen MR) is 45.6 cm³/mol. The molecule has 0 fully saturated rings. The first-order chi connectivity index (χ1) is 5.97. The summed E-state index contributed by atoms with van der Waals surface area (Å²) in [6.45, 7) is 1.19. The molecule has 1 N–H and O–H groups in total. The van der Waals surface area contributed by atoms with Crippen molar-refractivity contribution in [1.29, 1.82) is 0 Å². The van der Waals surface area contributed by atoms with E-state index in [1.165, 1.54) is 6.20 Å². The Kier molecular flexibility index (Phi) is 2.66. The molecule has 0 aliphatic heterocycles. The first-order valence-corrected chi connectivity index (χ1v) is 4.00. The summed E-state index contributed by atoms with van der Waals surface area (Å²) in [6.07, 6.45) is 1.28. The molecule has 0 bridgehead atoms. The Morgan fingerprint density at radius 1 is 1.54 bits per heavy atom. The highest BCUT2D eigenvalue weighted by Gasteiger charge is 2.21. The standard InChI is InChI=1S/C8H13F2N3/c1-8(2,11-3)6-4-5-13(12-6)7(9)10/h4-5,7,11H,1-3H3. The van der Waals surface area contributed by atoms with Crippen LogP contribution in [0.1, 0.15) is 26.1 Å². The van der Waals surface area contributed by atoms with Gasteiger partial charge in [-0.1, -0.05) is 0 Å². The Balaban J connectivity index is 2.91. The molecule has 0 aliphatic carbocycles. The first kappa shape index (κ1) is 10.1. The minimum absolute atomic E-state index is 0.375. The highest BCUT2D eigenvalue weighted by Crippen LogP contribution is 2.18. The van der Waals surface area contributed by atoms with E-state index in [4.69, 9.17) is 0 Å². The lowest BCUT2D eigenvalue weighted by Crippen LogP contribution is -2.33. The molecule has 1 rings (SSSR count). The van der Waals surface area contributed by atoms with Crippen LogP contribution in [0.25, 0.3) is 0 Å². The summed E-state index contributed by atoms with van der Waals surface area (Å²) in [7, 11) is 1.77. The number of aromatic nitrogens is 2. The van der Waals surface area contributed by atoms with Crippen LogP contribution in [0.2, 0.25) is 0 Å². The molecule has 0 spiro atoms. The van der Waals surface area contributed by atoms with Crippen molar-refractivity contribution in [2.45, 2.75) is 25.9 Å². The molecule has 1 aromatic heterocycles. The zero-order valence-corrected chi connectivity index (χ0v) is 7.88. The predicted octanol–water partition coefficient (Wildman–Crippen LogP) is 1.73. The average Bonchev–Trinajstić information content (AvgIpc) is 2.52. The Morgan fingerprint density at radius 2 is 2.15 bits per heavy atom. The summed E-state index contributed by atoms with van der Waals surface area (Å²) in [5.41, 5.74) is 0.232. The zero-order chi connectivity index (χ0) is 10.1. The van der Waals surface area contributed by atoms with Crippen molar-refractivity contribution in [1.82, 2.24) is 15.1 Å². The molecule has 74 valence electrons. The SMILES string of the molecule is CNC(C)(C)c1ccn(C(F)F)n1. The highest BCUT2D eigenvalue weighted by atomic mass is 19.3. The molecule has 0 aromatic carbocycles. The molecule has 5 heteroatoms. The van der Waals surface area contributed by atoms with Gasteiger partial charge in [-0.25, -0.2) is 4.68 Å². The maximum absolute atomic E-state index is 12.2. The molecule has 0 aliphatic rings. The van der Waals surface area contributed by atoms with Gasteiger partial charge in [0.2, 0.25) is 0 Å². The van der Waals surface area contributed by atoms with Crippen LogP contribution < -0.4 is 5.32 Å². The van der Waals surface area contributed by atoms with Crippen molar-refractivity contribution >= 4 is 0 Å². The molecule has 0 saturated carbocycles. The molecule has 0 amide bonds. The summed E-state index contributed by atoms with van der Waals surface area (Å²) in [5, 5.41) is 6.75. The van der Waals surface area contributed by atoms with Gasteiger partial charge in [-0.3, -0.25) is 0 Å². The second-order valence-corrected chi connectivity index (χ2v) is 3.33. The Bertz CT molecular complexity index is 281. The van der Waals surface area contributed by atoms with E-state index in [1.54, 1.807) is 13.1 Å². The van der Waals surface area contributed by atoms with Crippen molar-refractivity contribution in [2.75, 3.05) is 7.05 Å². The number of nitrogens with one attached hydrogen (secondary N) is 1. The van der Waals surface area contributed by atoms with Gasteiger partial charge in [-0.05, 0) is 27.0 Å². The largest absolute Gasteiger partial charge is 0.333 e. The van der Waals surface area contributed by atoms with E-state index in [0.29, 0.717) is 10.4 Å². The quantitative estimate of drug-likeness (QED) is 0.784. The van der Waals surface area contributed by atoms with Crippen LogP contribution >= 0.6 is 0 Å². The van der Waals surface area contributed by atoms with Gasteiger partial charge in [0.25, 0.3) is 0 Å². The van der Waals surface area contributed by atoms with E-state index in [2.05, 4.69) is 10.4 Å². The fourth-order valence-corrected chi connectivity index (χ4v) is 0.908. The number of hydrogen-bond donors (Lipinski definition) is 1. The van der Waals surface area contributed by atoms with Crippen molar-refractivity contribution < 1.29 is 8.78 Å². The number of alkyl halides is 2. The molecular formula is C8H13F2N3.